The molecule has 1 aromatic heterocycles. The van der Waals surface area contributed by atoms with Crippen LogP contribution in [-0.4, -0.2) is 42.5 Å². The molecule has 0 saturated carbocycles. The molecule has 2 aromatic rings. The summed E-state index contributed by atoms with van der Waals surface area (Å²) in [6, 6.07) is 7.33. The minimum atomic E-state index is -0.429. The van der Waals surface area contributed by atoms with E-state index in [1.54, 1.807) is 14.2 Å². The van der Waals surface area contributed by atoms with Gasteiger partial charge in [0.15, 0.2) is 0 Å². The summed E-state index contributed by atoms with van der Waals surface area (Å²) in [5, 5.41) is 0. The van der Waals surface area contributed by atoms with Crippen molar-refractivity contribution in [2.24, 2.45) is 14.1 Å². The van der Waals surface area contributed by atoms with Crippen LogP contribution in [0, 0.1) is 0 Å². The van der Waals surface area contributed by atoms with E-state index in [1.165, 1.54) is 16.5 Å². The Labute approximate surface area is 151 Å². The summed E-state index contributed by atoms with van der Waals surface area (Å²) in [5.41, 5.74) is 6.84. The highest BCUT2D eigenvalue weighted by atomic mass is 16.5. The molecule has 8 heteroatoms. The molecule has 0 bridgehead atoms. The van der Waals surface area contributed by atoms with Gasteiger partial charge < -0.3 is 20.1 Å². The first-order valence-corrected chi connectivity index (χ1v) is 8.57. The number of nitrogen functional groups attached to an aromatic ring is 1. The number of anilines is 1. The number of nitrogens with zero attached hydrogens (tertiary/aromatic N) is 2. The Morgan fingerprint density at radius 1 is 1.12 bits per heavy atom. The highest BCUT2D eigenvalue weighted by Crippen LogP contribution is 2.23. The molecular weight excluding hydrogens is 336 g/mol. The average molecular weight is 361 g/mol. The van der Waals surface area contributed by atoms with Crippen LogP contribution in [-0.2, 0) is 18.8 Å². The van der Waals surface area contributed by atoms with Crippen molar-refractivity contribution in [2.45, 2.75) is 6.04 Å². The van der Waals surface area contributed by atoms with Gasteiger partial charge in [-0.2, -0.15) is 0 Å². The van der Waals surface area contributed by atoms with E-state index in [2.05, 4.69) is 0 Å². The van der Waals surface area contributed by atoms with Crippen LogP contribution < -0.4 is 26.6 Å². The van der Waals surface area contributed by atoms with E-state index in [0.717, 1.165) is 29.0 Å². The van der Waals surface area contributed by atoms with Gasteiger partial charge in [-0.3, -0.25) is 13.9 Å². The van der Waals surface area contributed by atoms with Crippen LogP contribution in [0.5, 0.6) is 5.75 Å². The topological polar surface area (TPSA) is 92.9 Å². The highest BCUT2D eigenvalue weighted by molar-refractivity contribution is 5.45. The lowest BCUT2D eigenvalue weighted by Gasteiger charge is -2.32. The fourth-order valence-electron chi connectivity index (χ4n) is 3.48. The van der Waals surface area contributed by atoms with Crippen molar-refractivity contribution >= 4 is 5.82 Å². The van der Waals surface area contributed by atoms with Crippen LogP contribution >= 0.6 is 0 Å². The van der Waals surface area contributed by atoms with Gasteiger partial charge in [0.05, 0.1) is 20.3 Å². The fourth-order valence-corrected chi connectivity index (χ4v) is 3.48. The molecule has 0 unspecified atom stereocenters. The molecule has 0 radical (unpaired) electrons. The lowest BCUT2D eigenvalue weighted by molar-refractivity contribution is -0.933. The number of methoxy groups -OCH3 is 1. The molecular formula is C18H25N4O4+. The molecule has 140 valence electrons. The van der Waals surface area contributed by atoms with Gasteiger partial charge in [-0.15, -0.1) is 0 Å². The third kappa shape index (κ3) is 3.13. The zero-order chi connectivity index (χ0) is 18.8. The van der Waals surface area contributed by atoms with Crippen molar-refractivity contribution in [3.05, 3.63) is 56.2 Å². The highest BCUT2D eigenvalue weighted by Gasteiger charge is 2.33. The molecule has 1 saturated heterocycles. The second-order valence-corrected chi connectivity index (χ2v) is 6.48. The van der Waals surface area contributed by atoms with Crippen molar-refractivity contribution < 1.29 is 14.4 Å². The van der Waals surface area contributed by atoms with E-state index >= 15 is 0 Å². The molecule has 1 aliphatic heterocycles. The molecule has 3 rings (SSSR count). The second kappa shape index (κ2) is 7.35. The van der Waals surface area contributed by atoms with Crippen LogP contribution in [0.4, 0.5) is 5.82 Å². The molecule has 2 heterocycles. The van der Waals surface area contributed by atoms with E-state index in [-0.39, 0.29) is 17.4 Å². The average Bonchev–Trinajstić information content (AvgIpc) is 2.69. The molecule has 1 fully saturated rings. The summed E-state index contributed by atoms with van der Waals surface area (Å²) >= 11 is 0. The maximum absolute atomic E-state index is 12.9. The number of quaternary nitrogens is 1. The SMILES string of the molecule is COc1ccc([C@@H](c2c(N)n(C)c(=O)n(C)c2=O)[NH+]2CCOCC2)cc1. The first kappa shape index (κ1) is 18.2. The number of ether oxygens (including phenoxy) is 2. The van der Waals surface area contributed by atoms with Crippen LogP contribution in [0.2, 0.25) is 0 Å². The molecule has 8 nitrogen and oxygen atoms in total. The monoisotopic (exact) mass is 361 g/mol. The Balaban J connectivity index is 2.21. The summed E-state index contributed by atoms with van der Waals surface area (Å²) in [5.74, 6) is 0.948. The molecule has 26 heavy (non-hydrogen) atoms. The number of nitrogens with one attached hydrogen (secondary N) is 1. The Bertz CT molecular complexity index is 895. The van der Waals surface area contributed by atoms with Crippen LogP contribution in [0.1, 0.15) is 17.2 Å². The van der Waals surface area contributed by atoms with Gasteiger partial charge in [0.25, 0.3) is 5.56 Å². The van der Waals surface area contributed by atoms with Gasteiger partial charge in [0.2, 0.25) is 0 Å². The minimum Gasteiger partial charge on any atom is -0.497 e. The standard InChI is InChI=1S/C18H24N4O4/c1-20-16(19)14(17(23)21(2)18(20)24)15(22-8-10-26-11-9-22)12-4-6-13(25-3)7-5-12/h4-7,15H,8-11,19H2,1-3H3/p+1/t15-/m0/s1. The summed E-state index contributed by atoms with van der Waals surface area (Å²) in [4.78, 5) is 26.3. The van der Waals surface area contributed by atoms with Crippen molar-refractivity contribution in [1.29, 1.82) is 0 Å². The summed E-state index contributed by atoms with van der Waals surface area (Å²) in [7, 11) is 4.67. The van der Waals surface area contributed by atoms with Crippen LogP contribution in [0.3, 0.4) is 0 Å². The molecule has 1 atom stereocenters. The number of morpholine rings is 1. The first-order chi connectivity index (χ1) is 12.5. The quantitative estimate of drug-likeness (QED) is 0.705. The minimum absolute atomic E-state index is 0.206. The predicted octanol–water partition coefficient (Wildman–Crippen LogP) is -1.32. The van der Waals surface area contributed by atoms with E-state index in [1.807, 2.05) is 24.3 Å². The van der Waals surface area contributed by atoms with Crippen LogP contribution in [0.15, 0.2) is 33.9 Å². The van der Waals surface area contributed by atoms with Gasteiger partial charge in [0, 0.05) is 19.7 Å². The summed E-state index contributed by atoms with van der Waals surface area (Å²) < 4.78 is 13.2. The van der Waals surface area contributed by atoms with Gasteiger partial charge in [-0.25, -0.2) is 4.79 Å². The van der Waals surface area contributed by atoms with Crippen molar-refractivity contribution in [3.63, 3.8) is 0 Å². The Morgan fingerprint density at radius 3 is 2.31 bits per heavy atom. The number of nitrogens with two attached hydrogens (primary N) is 1. The zero-order valence-electron chi connectivity index (χ0n) is 15.3. The Kier molecular flexibility index (Phi) is 5.15. The molecule has 1 aliphatic rings. The van der Waals surface area contributed by atoms with Crippen molar-refractivity contribution in [1.82, 2.24) is 9.13 Å². The first-order valence-electron chi connectivity index (χ1n) is 8.57. The smallest absolute Gasteiger partial charge is 0.332 e. The molecule has 3 N–H and O–H groups in total. The number of hydrogen-bond acceptors (Lipinski definition) is 5. The van der Waals surface area contributed by atoms with Gasteiger partial charge >= 0.3 is 5.69 Å². The van der Waals surface area contributed by atoms with Gasteiger partial charge in [-0.1, -0.05) is 0 Å². The van der Waals surface area contributed by atoms with Gasteiger partial charge in [0.1, 0.15) is 36.3 Å². The second-order valence-electron chi connectivity index (χ2n) is 6.48. The summed E-state index contributed by atoms with van der Waals surface area (Å²) in [6.07, 6.45) is 0. The Morgan fingerprint density at radius 2 is 1.73 bits per heavy atom. The molecule has 0 aliphatic carbocycles. The van der Waals surface area contributed by atoms with E-state index in [4.69, 9.17) is 15.2 Å². The maximum atomic E-state index is 12.9. The maximum Gasteiger partial charge on any atom is 0.332 e. The van der Waals surface area contributed by atoms with Crippen molar-refractivity contribution in [2.75, 3.05) is 39.1 Å². The molecule has 0 amide bonds. The fraction of sp³-hybridized carbons (Fsp3) is 0.444. The van der Waals surface area contributed by atoms with Crippen LogP contribution in [0.25, 0.3) is 0 Å². The third-order valence-corrected chi connectivity index (χ3v) is 5.03. The number of benzene rings is 1. The largest absolute Gasteiger partial charge is 0.497 e. The normalized spacial score (nSPS) is 16.4. The number of hydrogen-bond donors (Lipinski definition) is 2. The summed E-state index contributed by atoms with van der Waals surface area (Å²) in [6.45, 7) is 2.74. The third-order valence-electron chi connectivity index (χ3n) is 5.03. The van der Waals surface area contributed by atoms with E-state index < -0.39 is 5.69 Å². The number of rotatable bonds is 4. The molecule has 1 aromatic carbocycles. The number of aromatic nitrogens is 2. The zero-order valence-corrected chi connectivity index (χ0v) is 15.3. The Hall–Kier alpha value is -2.58. The van der Waals surface area contributed by atoms with Gasteiger partial charge in [-0.05, 0) is 24.3 Å². The van der Waals surface area contributed by atoms with E-state index in [9.17, 15) is 9.59 Å². The lowest BCUT2D eigenvalue weighted by atomic mass is 9.97. The van der Waals surface area contributed by atoms with Crippen molar-refractivity contribution in [3.8, 4) is 5.75 Å². The predicted molar refractivity (Wildman–Crippen MR) is 97.7 cm³/mol. The lowest BCUT2D eigenvalue weighted by Crippen LogP contribution is -3.14. The molecule has 0 spiro atoms. The van der Waals surface area contributed by atoms with E-state index in [0.29, 0.717) is 18.8 Å².